The smallest absolute Gasteiger partial charge is 0.273 e. The molecule has 0 aliphatic carbocycles. The highest BCUT2D eigenvalue weighted by molar-refractivity contribution is 7.80. The third-order valence-corrected chi connectivity index (χ3v) is 6.17. The molecule has 2 fully saturated rings. The molecule has 1 aromatic heterocycles. The molecule has 0 spiro atoms. The van der Waals surface area contributed by atoms with Crippen molar-refractivity contribution >= 4 is 46.6 Å². The average molecular weight is 443 g/mol. The Morgan fingerprint density at radius 2 is 1.93 bits per heavy atom. The lowest BCUT2D eigenvalue weighted by Gasteiger charge is -2.26. The van der Waals surface area contributed by atoms with Gasteiger partial charge in [-0.05, 0) is 48.1 Å². The lowest BCUT2D eigenvalue weighted by atomic mass is 10.1. The van der Waals surface area contributed by atoms with Crippen LogP contribution in [0.5, 0.6) is 0 Å². The maximum atomic E-state index is 12.4. The Morgan fingerprint density at radius 1 is 1.17 bits per heavy atom. The van der Waals surface area contributed by atoms with Crippen molar-refractivity contribution in [2.75, 3.05) is 39.4 Å². The molecule has 1 aromatic carbocycles. The molecule has 7 nitrogen and oxygen atoms in total. The molecule has 0 saturated carbocycles. The van der Waals surface area contributed by atoms with E-state index in [0.29, 0.717) is 22.9 Å². The summed E-state index contributed by atoms with van der Waals surface area (Å²) in [7, 11) is 0. The van der Waals surface area contributed by atoms with E-state index in [1.165, 1.54) is 0 Å². The van der Waals surface area contributed by atoms with E-state index in [4.69, 9.17) is 17.0 Å². The first-order chi connectivity index (χ1) is 14.6. The number of hydrogen-bond acceptors (Lipinski definition) is 6. The monoisotopic (exact) mass is 442 g/mol. The number of carbonyl (C=O) groups excluding carboxylic acids is 2. The first kappa shape index (κ1) is 20.7. The molecule has 2 saturated heterocycles. The summed E-state index contributed by atoms with van der Waals surface area (Å²) in [6.07, 6.45) is 1.78. The van der Waals surface area contributed by atoms with E-state index in [1.54, 1.807) is 17.4 Å². The normalized spacial score (nSPS) is 18.3. The van der Waals surface area contributed by atoms with Crippen molar-refractivity contribution in [2.45, 2.75) is 0 Å². The second kappa shape index (κ2) is 9.48. The fourth-order valence-corrected chi connectivity index (χ4v) is 4.41. The molecule has 30 heavy (non-hydrogen) atoms. The van der Waals surface area contributed by atoms with Gasteiger partial charge in [-0.25, -0.2) is 0 Å². The predicted molar refractivity (Wildman–Crippen MR) is 121 cm³/mol. The van der Waals surface area contributed by atoms with Crippen molar-refractivity contribution < 1.29 is 14.3 Å². The van der Waals surface area contributed by atoms with Crippen molar-refractivity contribution in [3.8, 4) is 10.4 Å². The maximum Gasteiger partial charge on any atom is 0.273 e. The Kier molecular flexibility index (Phi) is 6.53. The third-order valence-electron chi connectivity index (χ3n) is 4.88. The van der Waals surface area contributed by atoms with Gasteiger partial charge in [-0.2, -0.15) is 0 Å². The van der Waals surface area contributed by atoms with E-state index in [2.05, 4.69) is 20.9 Å². The highest BCUT2D eigenvalue weighted by atomic mass is 32.1. The quantitative estimate of drug-likeness (QED) is 0.468. The summed E-state index contributed by atoms with van der Waals surface area (Å²) in [4.78, 5) is 28.4. The Balaban J connectivity index is 1.33. The summed E-state index contributed by atoms with van der Waals surface area (Å²) in [5.41, 5.74) is 2.10. The van der Waals surface area contributed by atoms with E-state index in [0.717, 1.165) is 48.2 Å². The van der Waals surface area contributed by atoms with Crippen molar-refractivity contribution in [1.82, 2.24) is 20.9 Å². The minimum atomic E-state index is -0.223. The number of thiophene rings is 1. The zero-order valence-electron chi connectivity index (χ0n) is 16.3. The number of ether oxygens (including phenoxy) is 1. The zero-order valence-corrected chi connectivity index (χ0v) is 17.9. The van der Waals surface area contributed by atoms with E-state index in [1.807, 2.05) is 36.4 Å². The molecule has 0 unspecified atom stereocenters. The summed E-state index contributed by atoms with van der Waals surface area (Å²) in [6, 6.07) is 11.5. The number of nitrogens with one attached hydrogen (secondary N) is 3. The van der Waals surface area contributed by atoms with Gasteiger partial charge in [-0.3, -0.25) is 19.8 Å². The van der Waals surface area contributed by atoms with Crippen molar-refractivity contribution in [1.29, 1.82) is 0 Å². The molecule has 4 rings (SSSR count). The fraction of sp³-hybridized carbons (Fsp3) is 0.286. The van der Waals surface area contributed by atoms with E-state index < -0.39 is 0 Å². The van der Waals surface area contributed by atoms with Crippen LogP contribution in [0.2, 0.25) is 0 Å². The number of thiocarbonyl (C=S) groups is 1. The molecule has 0 atom stereocenters. The number of carbonyl (C=O) groups is 2. The summed E-state index contributed by atoms with van der Waals surface area (Å²) in [5, 5.41) is 8.69. The van der Waals surface area contributed by atoms with Gasteiger partial charge in [-0.15, -0.1) is 11.3 Å². The number of amides is 2. The first-order valence-electron chi connectivity index (χ1n) is 9.71. The highest BCUT2D eigenvalue weighted by Crippen LogP contribution is 2.29. The van der Waals surface area contributed by atoms with Gasteiger partial charge in [0.15, 0.2) is 5.11 Å². The summed E-state index contributed by atoms with van der Waals surface area (Å²) < 4.78 is 5.33. The first-order valence-corrected chi connectivity index (χ1v) is 10.9. The number of benzene rings is 1. The van der Waals surface area contributed by atoms with Crippen LogP contribution < -0.4 is 16.0 Å². The average Bonchev–Trinajstić information content (AvgIpc) is 3.35. The van der Waals surface area contributed by atoms with Crippen LogP contribution in [0.15, 0.2) is 42.1 Å². The minimum Gasteiger partial charge on any atom is -0.379 e. The van der Waals surface area contributed by atoms with Crippen molar-refractivity contribution in [3.05, 3.63) is 52.5 Å². The molecule has 9 heteroatoms. The number of rotatable bonds is 6. The standard InChI is InChI=1S/C21H22N4O3S2/c26-19(22-7-8-25-9-11-28-12-10-25)15-3-1-14(2-4-15)18-6-5-16(30-18)13-17-20(27)24-21(29)23-17/h1-6,13H,7-12H2,(H,22,26)(H2,23,24,27,29)/b17-13+. The van der Waals surface area contributed by atoms with Crippen LogP contribution in [0.3, 0.4) is 0 Å². The van der Waals surface area contributed by atoms with E-state index in [9.17, 15) is 9.59 Å². The largest absolute Gasteiger partial charge is 0.379 e. The van der Waals surface area contributed by atoms with Crippen LogP contribution in [0.4, 0.5) is 0 Å². The van der Waals surface area contributed by atoms with E-state index >= 15 is 0 Å². The van der Waals surface area contributed by atoms with Gasteiger partial charge in [-0.1, -0.05) is 12.1 Å². The molecule has 3 heterocycles. The van der Waals surface area contributed by atoms with Crippen LogP contribution in [-0.4, -0.2) is 61.2 Å². The molecule has 0 radical (unpaired) electrons. The molecular weight excluding hydrogens is 420 g/mol. The number of hydrogen-bond donors (Lipinski definition) is 3. The Hall–Kier alpha value is -2.59. The molecule has 0 bridgehead atoms. The summed E-state index contributed by atoms with van der Waals surface area (Å²) in [5.74, 6) is -0.292. The SMILES string of the molecule is O=C1NC(=S)N/C1=C/c1ccc(-c2ccc(C(=O)NCCN3CCOCC3)cc2)s1. The lowest BCUT2D eigenvalue weighted by Crippen LogP contribution is -2.41. The summed E-state index contributed by atoms with van der Waals surface area (Å²) >= 11 is 6.51. The Bertz CT molecular complexity index is 978. The maximum absolute atomic E-state index is 12.4. The molecular formula is C21H22N4O3S2. The van der Waals surface area contributed by atoms with Gasteiger partial charge in [0.2, 0.25) is 0 Å². The molecule has 2 amide bonds. The van der Waals surface area contributed by atoms with Crippen LogP contribution in [0.1, 0.15) is 15.2 Å². The molecule has 3 N–H and O–H groups in total. The van der Waals surface area contributed by atoms with Crippen molar-refractivity contribution in [2.24, 2.45) is 0 Å². The van der Waals surface area contributed by atoms with Crippen molar-refractivity contribution in [3.63, 3.8) is 0 Å². The fourth-order valence-electron chi connectivity index (χ4n) is 3.25. The van der Waals surface area contributed by atoms with Crippen LogP contribution in [-0.2, 0) is 9.53 Å². The minimum absolute atomic E-state index is 0.0688. The van der Waals surface area contributed by atoms with Gasteiger partial charge in [0.1, 0.15) is 5.70 Å². The van der Waals surface area contributed by atoms with E-state index in [-0.39, 0.29) is 11.8 Å². The van der Waals surface area contributed by atoms with Crippen LogP contribution in [0, 0.1) is 0 Å². The second-order valence-electron chi connectivity index (χ2n) is 6.96. The third kappa shape index (κ3) is 5.11. The number of morpholine rings is 1. The van der Waals surface area contributed by atoms with Gasteiger partial charge in [0.25, 0.3) is 11.8 Å². The van der Waals surface area contributed by atoms with Crippen LogP contribution in [0.25, 0.3) is 16.5 Å². The Morgan fingerprint density at radius 3 is 2.63 bits per heavy atom. The topological polar surface area (TPSA) is 82.7 Å². The second-order valence-corrected chi connectivity index (χ2v) is 8.48. The summed E-state index contributed by atoms with van der Waals surface area (Å²) in [6.45, 7) is 4.80. The van der Waals surface area contributed by atoms with Gasteiger partial charge < -0.3 is 15.4 Å². The molecule has 156 valence electrons. The molecule has 2 aliphatic heterocycles. The predicted octanol–water partition coefficient (Wildman–Crippen LogP) is 1.82. The molecule has 2 aromatic rings. The number of nitrogens with zero attached hydrogens (tertiary/aromatic N) is 1. The van der Waals surface area contributed by atoms with Gasteiger partial charge in [0.05, 0.1) is 13.2 Å². The van der Waals surface area contributed by atoms with Gasteiger partial charge in [0, 0.05) is 41.5 Å². The van der Waals surface area contributed by atoms with Gasteiger partial charge >= 0.3 is 0 Å². The Labute approximate surface area is 184 Å². The van der Waals surface area contributed by atoms with Crippen LogP contribution >= 0.6 is 23.6 Å². The molecule has 2 aliphatic rings. The zero-order chi connectivity index (χ0) is 20.9. The highest BCUT2D eigenvalue weighted by Gasteiger charge is 2.20. The lowest BCUT2D eigenvalue weighted by molar-refractivity contribution is -0.115.